The zero-order valence-corrected chi connectivity index (χ0v) is 11.5. The van der Waals surface area contributed by atoms with Gasteiger partial charge in [0, 0.05) is 7.05 Å². The van der Waals surface area contributed by atoms with Gasteiger partial charge in [-0.2, -0.15) is 0 Å². The third-order valence-electron chi connectivity index (χ3n) is 2.49. The molecule has 0 saturated carbocycles. The summed E-state index contributed by atoms with van der Waals surface area (Å²) in [6.45, 7) is 0. The maximum absolute atomic E-state index is 11.8. The van der Waals surface area contributed by atoms with Crippen LogP contribution in [0.3, 0.4) is 0 Å². The Bertz CT molecular complexity index is 554. The van der Waals surface area contributed by atoms with Crippen molar-refractivity contribution < 1.29 is 14.6 Å². The Morgan fingerprint density at radius 3 is 2.78 bits per heavy atom. The average Bonchev–Trinajstić information content (AvgIpc) is 2.59. The molecule has 0 atom stereocenters. The third kappa shape index (κ3) is 2.34. The zero-order valence-electron chi connectivity index (χ0n) is 9.84. The van der Waals surface area contributed by atoms with Crippen molar-refractivity contribution in [3.05, 3.63) is 28.7 Å². The second kappa shape index (κ2) is 4.99. The summed E-state index contributed by atoms with van der Waals surface area (Å²) in [5, 5.41) is 9.49. The van der Waals surface area contributed by atoms with E-state index in [0.29, 0.717) is 15.0 Å². The second-order valence-corrected chi connectivity index (χ2v) is 5.35. The lowest BCUT2D eigenvalue weighted by molar-refractivity contribution is -0.121. The van der Waals surface area contributed by atoms with Gasteiger partial charge in [0.15, 0.2) is 11.5 Å². The van der Waals surface area contributed by atoms with Crippen LogP contribution in [0.15, 0.2) is 23.1 Å². The number of thiocarbonyl (C=S) groups is 1. The van der Waals surface area contributed by atoms with Crippen LogP contribution in [0.5, 0.6) is 11.5 Å². The molecule has 1 aliphatic heterocycles. The Morgan fingerprint density at radius 1 is 1.50 bits per heavy atom. The van der Waals surface area contributed by atoms with Crippen LogP contribution < -0.4 is 4.74 Å². The molecule has 1 N–H and O–H groups in total. The normalized spacial score (nSPS) is 17.7. The molecule has 1 saturated heterocycles. The lowest BCUT2D eigenvalue weighted by Gasteiger charge is -2.05. The predicted octanol–water partition coefficient (Wildman–Crippen LogP) is 2.23. The minimum absolute atomic E-state index is 0.0673. The highest BCUT2D eigenvalue weighted by Crippen LogP contribution is 2.33. The standard InChI is InChI=1S/C12H11NO3S2/c1-13-11(15)10(18-12(13)17)6-7-3-4-8(14)9(5-7)16-2/h3-6,14H,1-2H3. The van der Waals surface area contributed by atoms with E-state index in [9.17, 15) is 9.90 Å². The van der Waals surface area contributed by atoms with Crippen LogP contribution >= 0.6 is 24.0 Å². The summed E-state index contributed by atoms with van der Waals surface area (Å²) in [6.07, 6.45) is 1.73. The molecule has 18 heavy (non-hydrogen) atoms. The number of methoxy groups -OCH3 is 1. The Hall–Kier alpha value is -1.53. The number of hydrogen-bond donors (Lipinski definition) is 1. The van der Waals surface area contributed by atoms with Gasteiger partial charge in [-0.25, -0.2) is 0 Å². The van der Waals surface area contributed by atoms with Crippen molar-refractivity contribution in [3.63, 3.8) is 0 Å². The molecule has 0 unspecified atom stereocenters. The lowest BCUT2D eigenvalue weighted by Crippen LogP contribution is -2.22. The second-order valence-electron chi connectivity index (χ2n) is 3.67. The first-order valence-corrected chi connectivity index (χ1v) is 6.34. The summed E-state index contributed by atoms with van der Waals surface area (Å²) >= 11 is 6.30. The summed E-state index contributed by atoms with van der Waals surface area (Å²) in [5.74, 6) is 0.324. The van der Waals surface area contributed by atoms with Crippen LogP contribution in [0.2, 0.25) is 0 Å². The number of carbonyl (C=O) groups excluding carboxylic acids is 1. The predicted molar refractivity (Wildman–Crippen MR) is 75.6 cm³/mol. The Morgan fingerprint density at radius 2 is 2.22 bits per heavy atom. The first-order valence-electron chi connectivity index (χ1n) is 5.11. The van der Waals surface area contributed by atoms with Crippen LogP contribution in [0.25, 0.3) is 6.08 Å². The van der Waals surface area contributed by atoms with Crippen LogP contribution in [-0.2, 0) is 4.79 Å². The van der Waals surface area contributed by atoms with Gasteiger partial charge in [0.25, 0.3) is 5.91 Å². The SMILES string of the molecule is COc1cc(C=C2SC(=S)N(C)C2=O)ccc1O. The minimum atomic E-state index is -0.114. The van der Waals surface area contributed by atoms with Gasteiger partial charge in [-0.1, -0.05) is 30.0 Å². The fraction of sp³-hybridized carbons (Fsp3) is 0.167. The van der Waals surface area contributed by atoms with E-state index in [-0.39, 0.29) is 11.7 Å². The Balaban J connectivity index is 2.34. The van der Waals surface area contributed by atoms with Gasteiger partial charge in [-0.3, -0.25) is 9.69 Å². The van der Waals surface area contributed by atoms with Crippen molar-refractivity contribution in [2.75, 3.05) is 14.2 Å². The number of rotatable bonds is 2. The van der Waals surface area contributed by atoms with E-state index in [0.717, 1.165) is 5.56 Å². The number of benzene rings is 1. The number of aromatic hydroxyl groups is 1. The number of amides is 1. The molecule has 1 aromatic carbocycles. The Labute approximate surface area is 114 Å². The highest BCUT2D eigenvalue weighted by molar-refractivity contribution is 8.26. The quantitative estimate of drug-likeness (QED) is 0.665. The van der Waals surface area contributed by atoms with Gasteiger partial charge in [0.1, 0.15) is 4.32 Å². The summed E-state index contributed by atoms with van der Waals surface area (Å²) in [7, 11) is 3.13. The van der Waals surface area contributed by atoms with Gasteiger partial charge in [0.05, 0.1) is 12.0 Å². The summed E-state index contributed by atoms with van der Waals surface area (Å²) in [4.78, 5) is 13.8. The van der Waals surface area contributed by atoms with Gasteiger partial charge in [0.2, 0.25) is 0 Å². The molecule has 0 aliphatic carbocycles. The molecular formula is C12H11NO3S2. The largest absolute Gasteiger partial charge is 0.504 e. The van der Waals surface area contributed by atoms with Crippen LogP contribution in [0, 0.1) is 0 Å². The number of thioether (sulfide) groups is 1. The van der Waals surface area contributed by atoms with Crippen LogP contribution in [0.1, 0.15) is 5.56 Å². The topological polar surface area (TPSA) is 49.8 Å². The maximum atomic E-state index is 11.8. The summed E-state index contributed by atoms with van der Waals surface area (Å²) in [5.41, 5.74) is 0.776. The molecule has 1 aromatic rings. The van der Waals surface area contributed by atoms with E-state index in [1.54, 1.807) is 25.3 Å². The molecule has 0 radical (unpaired) electrons. The smallest absolute Gasteiger partial charge is 0.265 e. The third-order valence-corrected chi connectivity index (χ3v) is 3.97. The van der Waals surface area contributed by atoms with Gasteiger partial charge >= 0.3 is 0 Å². The number of carbonyl (C=O) groups is 1. The van der Waals surface area contributed by atoms with Crippen molar-refractivity contribution in [3.8, 4) is 11.5 Å². The highest BCUT2D eigenvalue weighted by atomic mass is 32.2. The van der Waals surface area contributed by atoms with Gasteiger partial charge in [-0.05, 0) is 23.8 Å². The lowest BCUT2D eigenvalue weighted by atomic mass is 10.2. The van der Waals surface area contributed by atoms with Crippen molar-refractivity contribution >= 4 is 40.3 Å². The average molecular weight is 281 g/mol. The van der Waals surface area contributed by atoms with Crippen LogP contribution in [-0.4, -0.2) is 34.4 Å². The molecule has 1 aliphatic rings. The molecule has 1 amide bonds. The molecule has 94 valence electrons. The monoisotopic (exact) mass is 281 g/mol. The van der Waals surface area contributed by atoms with E-state index >= 15 is 0 Å². The van der Waals surface area contributed by atoms with Crippen molar-refractivity contribution in [1.29, 1.82) is 0 Å². The fourth-order valence-electron chi connectivity index (χ4n) is 1.48. The molecule has 1 heterocycles. The molecular weight excluding hydrogens is 270 g/mol. The first kappa shape index (κ1) is 12.9. The van der Waals surface area contributed by atoms with Crippen LogP contribution in [0.4, 0.5) is 0 Å². The summed E-state index contributed by atoms with van der Waals surface area (Å²) < 4.78 is 5.55. The molecule has 0 bridgehead atoms. The molecule has 2 rings (SSSR count). The maximum Gasteiger partial charge on any atom is 0.265 e. The first-order chi connectivity index (χ1) is 8.52. The van der Waals surface area contributed by atoms with Crippen molar-refractivity contribution in [2.24, 2.45) is 0 Å². The van der Waals surface area contributed by atoms with E-state index in [1.807, 2.05) is 0 Å². The number of phenols is 1. The van der Waals surface area contributed by atoms with Gasteiger partial charge < -0.3 is 9.84 Å². The number of ether oxygens (including phenoxy) is 1. The van der Waals surface area contributed by atoms with E-state index in [4.69, 9.17) is 17.0 Å². The van der Waals surface area contributed by atoms with E-state index < -0.39 is 0 Å². The molecule has 0 spiro atoms. The van der Waals surface area contributed by atoms with Crippen molar-refractivity contribution in [1.82, 2.24) is 4.90 Å². The molecule has 1 fully saturated rings. The fourth-order valence-corrected chi connectivity index (χ4v) is 2.66. The number of phenolic OH excluding ortho intramolecular Hbond substituents is 1. The number of nitrogens with zero attached hydrogens (tertiary/aromatic N) is 1. The molecule has 6 heteroatoms. The number of hydrogen-bond acceptors (Lipinski definition) is 5. The molecule has 0 aromatic heterocycles. The minimum Gasteiger partial charge on any atom is -0.504 e. The van der Waals surface area contributed by atoms with E-state index in [2.05, 4.69) is 0 Å². The Kier molecular flexibility index (Phi) is 3.58. The van der Waals surface area contributed by atoms with E-state index in [1.165, 1.54) is 29.8 Å². The highest BCUT2D eigenvalue weighted by Gasteiger charge is 2.28. The van der Waals surface area contributed by atoms with Crippen molar-refractivity contribution in [2.45, 2.75) is 0 Å². The summed E-state index contributed by atoms with van der Waals surface area (Å²) in [6, 6.07) is 4.90. The zero-order chi connectivity index (χ0) is 13.3. The van der Waals surface area contributed by atoms with Gasteiger partial charge in [-0.15, -0.1) is 0 Å². The number of likely N-dealkylation sites (N-methyl/N-ethyl adjacent to an activating group) is 1. The molecule has 4 nitrogen and oxygen atoms in total.